The zero-order valence-corrected chi connectivity index (χ0v) is 13.3. The number of carbonyl (C=O) groups excluding carboxylic acids is 1. The van der Waals surface area contributed by atoms with E-state index in [0.29, 0.717) is 23.7 Å². The molecule has 0 radical (unpaired) electrons. The molecule has 1 rings (SSSR count). The summed E-state index contributed by atoms with van der Waals surface area (Å²) in [5.41, 5.74) is 5.94. The Morgan fingerprint density at radius 2 is 2.14 bits per heavy atom. The average Bonchev–Trinajstić information content (AvgIpc) is 2.36. The maximum Gasteiger partial charge on any atom is 0.241 e. The molecule has 1 atom stereocenters. The van der Waals surface area contributed by atoms with E-state index in [1.165, 1.54) is 7.11 Å². The predicted octanol–water partition coefficient (Wildman–Crippen LogP) is 1.31. The van der Waals surface area contributed by atoms with Gasteiger partial charge in [-0.1, -0.05) is 0 Å². The van der Waals surface area contributed by atoms with E-state index < -0.39 is 11.6 Å². The first-order valence-corrected chi connectivity index (χ1v) is 6.81. The second kappa shape index (κ2) is 6.78. The Balaban J connectivity index is 2.79. The number of benzene rings is 1. The Kier molecular flexibility index (Phi) is 5.57. The van der Waals surface area contributed by atoms with Crippen LogP contribution < -0.4 is 15.8 Å². The number of amides is 1. The SMILES string of the molecule is COc1ccc(N)cc1NC(=O)C(C)N(C)CC(C)(C)O. The summed E-state index contributed by atoms with van der Waals surface area (Å²) < 4.78 is 5.20. The maximum absolute atomic E-state index is 12.3. The van der Waals surface area contributed by atoms with Crippen molar-refractivity contribution in [1.82, 2.24) is 4.90 Å². The minimum Gasteiger partial charge on any atom is -0.495 e. The molecule has 6 heteroatoms. The summed E-state index contributed by atoms with van der Waals surface area (Å²) in [5, 5.41) is 12.6. The summed E-state index contributed by atoms with van der Waals surface area (Å²) in [7, 11) is 3.32. The summed E-state index contributed by atoms with van der Waals surface area (Å²) in [6.07, 6.45) is 0. The molecule has 118 valence electrons. The first-order chi connectivity index (χ1) is 9.64. The summed E-state index contributed by atoms with van der Waals surface area (Å²) in [5.74, 6) is 0.362. The van der Waals surface area contributed by atoms with E-state index in [1.54, 1.807) is 50.9 Å². The van der Waals surface area contributed by atoms with Crippen molar-refractivity contribution < 1.29 is 14.6 Å². The number of nitrogens with two attached hydrogens (primary N) is 1. The molecule has 0 fully saturated rings. The van der Waals surface area contributed by atoms with Gasteiger partial charge in [0.05, 0.1) is 24.4 Å². The molecule has 0 aromatic heterocycles. The lowest BCUT2D eigenvalue weighted by Gasteiger charge is -2.29. The largest absolute Gasteiger partial charge is 0.495 e. The Labute approximate surface area is 125 Å². The molecular formula is C15H25N3O3. The van der Waals surface area contributed by atoms with Crippen molar-refractivity contribution in [1.29, 1.82) is 0 Å². The van der Waals surface area contributed by atoms with Gasteiger partial charge in [0.25, 0.3) is 0 Å². The maximum atomic E-state index is 12.3. The number of likely N-dealkylation sites (N-methyl/N-ethyl adjacent to an activating group) is 1. The third-order valence-electron chi connectivity index (χ3n) is 3.16. The minimum absolute atomic E-state index is 0.189. The Morgan fingerprint density at radius 3 is 2.67 bits per heavy atom. The lowest BCUT2D eigenvalue weighted by atomic mass is 10.1. The molecule has 0 aliphatic heterocycles. The predicted molar refractivity (Wildman–Crippen MR) is 84.4 cm³/mol. The number of ether oxygens (including phenoxy) is 1. The van der Waals surface area contributed by atoms with E-state index in [2.05, 4.69) is 5.32 Å². The van der Waals surface area contributed by atoms with Gasteiger partial charge < -0.3 is 20.9 Å². The van der Waals surface area contributed by atoms with Crippen molar-refractivity contribution in [3.8, 4) is 5.75 Å². The number of hydrogen-bond donors (Lipinski definition) is 3. The second-order valence-electron chi connectivity index (χ2n) is 5.85. The van der Waals surface area contributed by atoms with E-state index in [4.69, 9.17) is 10.5 Å². The van der Waals surface area contributed by atoms with Gasteiger partial charge >= 0.3 is 0 Å². The van der Waals surface area contributed by atoms with Gasteiger partial charge in [-0.2, -0.15) is 0 Å². The Hall–Kier alpha value is -1.79. The van der Waals surface area contributed by atoms with Crippen LogP contribution in [0.5, 0.6) is 5.75 Å². The number of hydrogen-bond acceptors (Lipinski definition) is 5. The second-order valence-corrected chi connectivity index (χ2v) is 5.85. The molecule has 21 heavy (non-hydrogen) atoms. The number of nitrogen functional groups attached to an aromatic ring is 1. The van der Waals surface area contributed by atoms with Crippen molar-refractivity contribution >= 4 is 17.3 Å². The van der Waals surface area contributed by atoms with Gasteiger partial charge in [0.2, 0.25) is 5.91 Å². The van der Waals surface area contributed by atoms with Crippen LogP contribution >= 0.6 is 0 Å². The van der Waals surface area contributed by atoms with Gasteiger partial charge in [0, 0.05) is 12.2 Å². The molecule has 1 amide bonds. The van der Waals surface area contributed by atoms with E-state index in [-0.39, 0.29) is 5.91 Å². The average molecular weight is 295 g/mol. The highest BCUT2D eigenvalue weighted by Gasteiger charge is 2.24. The Bertz CT molecular complexity index is 497. The number of nitrogens with one attached hydrogen (secondary N) is 1. The third kappa shape index (κ3) is 5.24. The zero-order valence-electron chi connectivity index (χ0n) is 13.3. The molecule has 0 heterocycles. The van der Waals surface area contributed by atoms with Crippen molar-refractivity contribution in [2.45, 2.75) is 32.4 Å². The molecule has 0 saturated heterocycles. The number of aliphatic hydroxyl groups is 1. The van der Waals surface area contributed by atoms with Crippen LogP contribution in [0.3, 0.4) is 0 Å². The number of anilines is 2. The summed E-state index contributed by atoms with van der Waals surface area (Å²) in [6, 6.07) is 4.66. The van der Waals surface area contributed by atoms with Gasteiger partial charge in [-0.05, 0) is 46.0 Å². The van der Waals surface area contributed by atoms with Crippen LogP contribution in [0.4, 0.5) is 11.4 Å². The molecule has 1 unspecified atom stereocenters. The topological polar surface area (TPSA) is 87.8 Å². The number of methoxy groups -OCH3 is 1. The van der Waals surface area contributed by atoms with E-state index in [0.717, 1.165) is 0 Å². The molecule has 4 N–H and O–H groups in total. The smallest absolute Gasteiger partial charge is 0.241 e. The normalized spacial score (nSPS) is 13.1. The van der Waals surface area contributed by atoms with Crippen molar-refractivity contribution in [3.05, 3.63) is 18.2 Å². The zero-order chi connectivity index (χ0) is 16.2. The molecule has 0 bridgehead atoms. The summed E-state index contributed by atoms with van der Waals surface area (Å²) >= 11 is 0. The molecule has 0 aliphatic carbocycles. The summed E-state index contributed by atoms with van der Waals surface area (Å²) in [4.78, 5) is 14.1. The molecule has 0 saturated carbocycles. The highest BCUT2D eigenvalue weighted by Crippen LogP contribution is 2.26. The third-order valence-corrected chi connectivity index (χ3v) is 3.16. The van der Waals surface area contributed by atoms with Crippen molar-refractivity contribution in [2.75, 3.05) is 31.8 Å². The van der Waals surface area contributed by atoms with Crippen LogP contribution in [0.25, 0.3) is 0 Å². The standard InChI is InChI=1S/C15H25N3O3/c1-10(18(4)9-15(2,3)20)14(19)17-12-8-11(16)6-7-13(12)21-5/h6-8,10,20H,9,16H2,1-5H3,(H,17,19). The first kappa shape index (κ1) is 17.3. The minimum atomic E-state index is -0.863. The van der Waals surface area contributed by atoms with Crippen LogP contribution in [-0.4, -0.2) is 48.3 Å². The summed E-state index contributed by atoms with van der Waals surface area (Å²) in [6.45, 7) is 5.57. The molecule has 1 aromatic rings. The van der Waals surface area contributed by atoms with Crippen LogP contribution in [-0.2, 0) is 4.79 Å². The fourth-order valence-corrected chi connectivity index (χ4v) is 2.01. The fourth-order valence-electron chi connectivity index (χ4n) is 2.01. The van der Waals surface area contributed by atoms with Crippen molar-refractivity contribution in [2.24, 2.45) is 0 Å². The van der Waals surface area contributed by atoms with E-state index in [1.807, 2.05) is 0 Å². The molecule has 0 aliphatic rings. The molecule has 0 spiro atoms. The lowest BCUT2D eigenvalue weighted by molar-refractivity contribution is -0.121. The van der Waals surface area contributed by atoms with Gasteiger partial charge in [0.1, 0.15) is 5.75 Å². The first-order valence-electron chi connectivity index (χ1n) is 6.81. The monoisotopic (exact) mass is 295 g/mol. The number of nitrogens with zero attached hydrogens (tertiary/aromatic N) is 1. The van der Waals surface area contributed by atoms with E-state index >= 15 is 0 Å². The molecular weight excluding hydrogens is 270 g/mol. The van der Waals surface area contributed by atoms with Gasteiger partial charge in [0.15, 0.2) is 0 Å². The van der Waals surface area contributed by atoms with Gasteiger partial charge in [-0.25, -0.2) is 0 Å². The van der Waals surface area contributed by atoms with Crippen LogP contribution in [0.15, 0.2) is 18.2 Å². The van der Waals surface area contributed by atoms with Crippen LogP contribution in [0, 0.1) is 0 Å². The fraction of sp³-hybridized carbons (Fsp3) is 0.533. The number of rotatable bonds is 6. The van der Waals surface area contributed by atoms with Crippen LogP contribution in [0.2, 0.25) is 0 Å². The highest BCUT2D eigenvalue weighted by molar-refractivity contribution is 5.96. The van der Waals surface area contributed by atoms with Gasteiger partial charge in [-0.15, -0.1) is 0 Å². The van der Waals surface area contributed by atoms with Crippen LogP contribution in [0.1, 0.15) is 20.8 Å². The molecule has 1 aromatic carbocycles. The van der Waals surface area contributed by atoms with E-state index in [9.17, 15) is 9.90 Å². The quantitative estimate of drug-likeness (QED) is 0.689. The highest BCUT2D eigenvalue weighted by atomic mass is 16.5. The van der Waals surface area contributed by atoms with Gasteiger partial charge in [-0.3, -0.25) is 9.69 Å². The van der Waals surface area contributed by atoms with Crippen molar-refractivity contribution in [3.63, 3.8) is 0 Å². The molecule has 6 nitrogen and oxygen atoms in total. The lowest BCUT2D eigenvalue weighted by Crippen LogP contribution is -2.46. The number of carbonyl (C=O) groups is 1. The Morgan fingerprint density at radius 1 is 1.52 bits per heavy atom.